The molecule has 0 bridgehead atoms. The molecule has 3 aromatic rings. The highest BCUT2D eigenvalue weighted by molar-refractivity contribution is 7.89. The first-order valence-electron chi connectivity index (χ1n) is 10.6. The number of aryl methyl sites for hydroxylation is 2. The van der Waals surface area contributed by atoms with E-state index in [0.29, 0.717) is 31.5 Å². The summed E-state index contributed by atoms with van der Waals surface area (Å²) in [6, 6.07) is 11.9. The molecule has 0 saturated carbocycles. The molecule has 1 saturated heterocycles. The zero-order chi connectivity index (χ0) is 22.6. The molecule has 2 aromatic heterocycles. The number of aliphatic hydroxyl groups excluding tert-OH is 1. The van der Waals surface area contributed by atoms with Gasteiger partial charge >= 0.3 is 0 Å². The molecule has 9 nitrogen and oxygen atoms in total. The molecular formula is C22H27N5O4S. The van der Waals surface area contributed by atoms with Crippen LogP contribution in [0.2, 0.25) is 0 Å². The van der Waals surface area contributed by atoms with E-state index in [1.54, 1.807) is 29.1 Å². The van der Waals surface area contributed by atoms with Crippen molar-refractivity contribution in [1.29, 1.82) is 0 Å². The van der Waals surface area contributed by atoms with Gasteiger partial charge in [-0.1, -0.05) is 23.4 Å². The van der Waals surface area contributed by atoms with Crippen LogP contribution in [0.25, 0.3) is 11.4 Å². The lowest BCUT2D eigenvalue weighted by atomic mass is 9.98. The number of hydrogen-bond donors (Lipinski definition) is 2. The van der Waals surface area contributed by atoms with Crippen LogP contribution in [0.1, 0.15) is 24.8 Å². The highest BCUT2D eigenvalue weighted by Crippen LogP contribution is 2.24. The maximum atomic E-state index is 12.8. The van der Waals surface area contributed by atoms with Crippen molar-refractivity contribution in [3.8, 4) is 11.4 Å². The van der Waals surface area contributed by atoms with Gasteiger partial charge in [-0.15, -0.1) is 5.10 Å². The molecule has 0 amide bonds. The average molecular weight is 458 g/mol. The van der Waals surface area contributed by atoms with Gasteiger partial charge in [0.15, 0.2) is 0 Å². The highest BCUT2D eigenvalue weighted by Gasteiger charge is 2.34. The summed E-state index contributed by atoms with van der Waals surface area (Å²) in [7, 11) is -3.69. The molecule has 2 N–H and O–H groups in total. The molecule has 0 spiro atoms. The first-order chi connectivity index (χ1) is 15.4. The van der Waals surface area contributed by atoms with E-state index in [9.17, 15) is 13.5 Å². The molecule has 32 heavy (non-hydrogen) atoms. The fraction of sp³-hybridized carbons (Fsp3) is 0.409. The summed E-state index contributed by atoms with van der Waals surface area (Å²) in [5.74, 6) is 0. The predicted octanol–water partition coefficient (Wildman–Crippen LogP) is 1.93. The number of aliphatic hydroxyl groups is 1. The second kappa shape index (κ2) is 9.86. The van der Waals surface area contributed by atoms with Crippen molar-refractivity contribution >= 4 is 10.0 Å². The summed E-state index contributed by atoms with van der Waals surface area (Å²) in [4.78, 5) is 4.49. The number of nitrogens with zero attached hydrogens (tertiary/aromatic N) is 4. The molecule has 1 aliphatic rings. The highest BCUT2D eigenvalue weighted by atomic mass is 32.2. The zero-order valence-corrected chi connectivity index (χ0v) is 18.6. The summed E-state index contributed by atoms with van der Waals surface area (Å²) in [5.41, 5.74) is 2.33. The van der Waals surface area contributed by atoms with Crippen LogP contribution in [0.5, 0.6) is 0 Å². The molecule has 1 fully saturated rings. The van der Waals surface area contributed by atoms with E-state index in [4.69, 9.17) is 4.74 Å². The van der Waals surface area contributed by atoms with Crippen LogP contribution in [0.3, 0.4) is 0 Å². The van der Waals surface area contributed by atoms with E-state index < -0.39 is 22.2 Å². The Morgan fingerprint density at radius 2 is 2.06 bits per heavy atom. The number of nitrogens with one attached hydrogen (secondary N) is 1. The Morgan fingerprint density at radius 1 is 1.19 bits per heavy atom. The van der Waals surface area contributed by atoms with Crippen LogP contribution in [-0.4, -0.2) is 58.4 Å². The smallest absolute Gasteiger partial charge is 0.240 e. The first-order valence-corrected chi connectivity index (χ1v) is 12.1. The Hall–Kier alpha value is -2.66. The van der Waals surface area contributed by atoms with Crippen LogP contribution in [0.15, 0.2) is 59.8 Å². The predicted molar refractivity (Wildman–Crippen MR) is 118 cm³/mol. The van der Waals surface area contributed by atoms with Crippen molar-refractivity contribution in [1.82, 2.24) is 24.7 Å². The second-order valence-electron chi connectivity index (χ2n) is 7.97. The van der Waals surface area contributed by atoms with Crippen LogP contribution < -0.4 is 4.72 Å². The minimum Gasteiger partial charge on any atom is -0.394 e. The third-order valence-corrected chi connectivity index (χ3v) is 7.04. The van der Waals surface area contributed by atoms with Gasteiger partial charge < -0.3 is 9.84 Å². The maximum absolute atomic E-state index is 12.8. The molecule has 10 heteroatoms. The van der Waals surface area contributed by atoms with E-state index in [1.807, 2.05) is 37.4 Å². The van der Waals surface area contributed by atoms with Crippen molar-refractivity contribution < 1.29 is 18.3 Å². The SMILES string of the molecule is Cc1cccc(S(=O)(=O)N[C@@H]2CC[C@H](CCn3cc(-c4ccccn4)nn3)O[C@H]2CO)c1. The molecular weight excluding hydrogens is 430 g/mol. The number of pyridine rings is 1. The molecule has 0 unspecified atom stereocenters. The van der Waals surface area contributed by atoms with Gasteiger partial charge in [-0.25, -0.2) is 13.1 Å². The Morgan fingerprint density at radius 3 is 2.81 bits per heavy atom. The van der Waals surface area contributed by atoms with E-state index in [-0.39, 0.29) is 17.6 Å². The third-order valence-electron chi connectivity index (χ3n) is 5.55. The summed E-state index contributed by atoms with van der Waals surface area (Å²) in [6.07, 6.45) is 4.79. The summed E-state index contributed by atoms with van der Waals surface area (Å²) in [6.45, 7) is 2.19. The van der Waals surface area contributed by atoms with Crippen LogP contribution in [-0.2, 0) is 21.3 Å². The molecule has 1 aliphatic heterocycles. The normalized spacial score (nSPS) is 21.5. The summed E-state index contributed by atoms with van der Waals surface area (Å²) < 4.78 is 36.0. The van der Waals surface area contributed by atoms with Crippen molar-refractivity contribution in [3.05, 3.63) is 60.4 Å². The summed E-state index contributed by atoms with van der Waals surface area (Å²) in [5, 5.41) is 18.1. The lowest BCUT2D eigenvalue weighted by molar-refractivity contribution is -0.0891. The fourth-order valence-corrected chi connectivity index (χ4v) is 5.25. The fourth-order valence-electron chi connectivity index (χ4n) is 3.84. The Bertz CT molecular complexity index is 1140. The molecule has 3 atom stereocenters. The van der Waals surface area contributed by atoms with E-state index in [1.165, 1.54) is 0 Å². The Labute approximate surface area is 187 Å². The van der Waals surface area contributed by atoms with Gasteiger partial charge in [-0.2, -0.15) is 0 Å². The number of sulfonamides is 1. The van der Waals surface area contributed by atoms with Gasteiger partial charge in [0.1, 0.15) is 5.69 Å². The Balaban J connectivity index is 1.33. The number of ether oxygens (including phenoxy) is 1. The molecule has 170 valence electrons. The van der Waals surface area contributed by atoms with Crippen molar-refractivity contribution in [2.45, 2.75) is 55.9 Å². The van der Waals surface area contributed by atoms with Crippen molar-refractivity contribution in [2.24, 2.45) is 0 Å². The minimum atomic E-state index is -3.69. The van der Waals surface area contributed by atoms with Gasteiger partial charge in [0.2, 0.25) is 10.0 Å². The van der Waals surface area contributed by atoms with Crippen LogP contribution in [0, 0.1) is 6.92 Å². The third kappa shape index (κ3) is 5.39. The van der Waals surface area contributed by atoms with Gasteiger partial charge in [-0.05, 0) is 56.0 Å². The van der Waals surface area contributed by atoms with E-state index >= 15 is 0 Å². The van der Waals surface area contributed by atoms with Crippen LogP contribution >= 0.6 is 0 Å². The Kier molecular flexibility index (Phi) is 6.95. The van der Waals surface area contributed by atoms with E-state index in [0.717, 1.165) is 11.3 Å². The monoisotopic (exact) mass is 457 g/mol. The molecule has 0 radical (unpaired) electrons. The van der Waals surface area contributed by atoms with Gasteiger partial charge in [0.25, 0.3) is 0 Å². The lowest BCUT2D eigenvalue weighted by Crippen LogP contribution is -2.50. The number of aromatic nitrogens is 4. The van der Waals surface area contributed by atoms with E-state index in [2.05, 4.69) is 20.0 Å². The first kappa shape index (κ1) is 22.5. The molecule has 4 rings (SSSR count). The number of hydrogen-bond acceptors (Lipinski definition) is 7. The minimum absolute atomic E-state index is 0.102. The zero-order valence-electron chi connectivity index (χ0n) is 17.8. The van der Waals surface area contributed by atoms with Crippen molar-refractivity contribution in [3.63, 3.8) is 0 Å². The van der Waals surface area contributed by atoms with Gasteiger partial charge in [-0.3, -0.25) is 9.67 Å². The number of benzene rings is 1. The second-order valence-corrected chi connectivity index (χ2v) is 9.69. The maximum Gasteiger partial charge on any atom is 0.240 e. The van der Waals surface area contributed by atoms with Gasteiger partial charge in [0, 0.05) is 12.7 Å². The topological polar surface area (TPSA) is 119 Å². The lowest BCUT2D eigenvalue weighted by Gasteiger charge is -2.36. The van der Waals surface area contributed by atoms with Crippen molar-refractivity contribution in [2.75, 3.05) is 6.61 Å². The number of rotatable bonds is 8. The van der Waals surface area contributed by atoms with Crippen LogP contribution in [0.4, 0.5) is 0 Å². The summed E-state index contributed by atoms with van der Waals surface area (Å²) >= 11 is 0. The quantitative estimate of drug-likeness (QED) is 0.530. The molecule has 1 aromatic carbocycles. The van der Waals surface area contributed by atoms with Gasteiger partial charge in [0.05, 0.1) is 41.6 Å². The largest absolute Gasteiger partial charge is 0.394 e. The standard InChI is InChI=1S/C22H27N5O4S/c1-16-5-4-6-18(13-16)32(29,30)25-20-9-8-17(31-22(20)15-28)10-12-27-14-21(24-26-27)19-7-2-3-11-23-19/h2-7,11,13-14,17,20,22,25,28H,8-10,12,15H2,1H3/t17-,20-,22+/m1/s1. The average Bonchev–Trinajstić information content (AvgIpc) is 3.28. The molecule has 0 aliphatic carbocycles. The molecule has 3 heterocycles.